The smallest absolute Gasteiger partial charge is 0.320 e. The minimum absolute atomic E-state index is 0.164. The first kappa shape index (κ1) is 19.5. The highest BCUT2D eigenvalue weighted by Gasteiger charge is 2.27. The number of nitrogens with zero attached hydrogens (tertiary/aromatic N) is 3. The fourth-order valence-corrected chi connectivity index (χ4v) is 5.02. The Bertz CT molecular complexity index is 604. The Balaban J connectivity index is 1.57. The highest BCUT2D eigenvalue weighted by atomic mass is 32.1. The molecule has 3 heterocycles. The number of amides is 2. The second-order valence-corrected chi connectivity index (χ2v) is 8.69. The molecule has 1 aromatic heterocycles. The van der Waals surface area contributed by atoms with Gasteiger partial charge >= 0.3 is 6.03 Å². The molecule has 146 valence electrons. The number of hydrogen-bond donors (Lipinski definition) is 0. The van der Waals surface area contributed by atoms with Crippen molar-refractivity contribution in [2.45, 2.75) is 65.6 Å². The Morgan fingerprint density at radius 3 is 2.58 bits per heavy atom. The lowest BCUT2D eigenvalue weighted by Gasteiger charge is -2.34. The van der Waals surface area contributed by atoms with Crippen LogP contribution in [0.2, 0.25) is 0 Å². The summed E-state index contributed by atoms with van der Waals surface area (Å²) in [5.41, 5.74) is 1.37. The van der Waals surface area contributed by atoms with E-state index < -0.39 is 0 Å². The molecular formula is C20H33N3O2S. The monoisotopic (exact) mass is 379 g/mol. The van der Waals surface area contributed by atoms with Gasteiger partial charge in [-0.15, -0.1) is 11.3 Å². The molecule has 0 aliphatic carbocycles. The van der Waals surface area contributed by atoms with Crippen LogP contribution >= 0.6 is 11.3 Å². The molecule has 1 fully saturated rings. The Hall–Kier alpha value is -1.27. The molecule has 0 spiro atoms. The van der Waals surface area contributed by atoms with Crippen LogP contribution in [0.25, 0.3) is 0 Å². The van der Waals surface area contributed by atoms with Crippen molar-refractivity contribution in [3.63, 3.8) is 0 Å². The summed E-state index contributed by atoms with van der Waals surface area (Å²) >= 11 is 1.74. The second-order valence-electron chi connectivity index (χ2n) is 7.59. The van der Waals surface area contributed by atoms with E-state index in [1.807, 2.05) is 23.6 Å². The largest absolute Gasteiger partial charge is 0.481 e. The van der Waals surface area contributed by atoms with Crippen molar-refractivity contribution in [3.05, 3.63) is 16.5 Å². The summed E-state index contributed by atoms with van der Waals surface area (Å²) in [7, 11) is 0. The minimum Gasteiger partial charge on any atom is -0.481 e. The third kappa shape index (κ3) is 4.34. The molecule has 0 unspecified atom stereocenters. The fourth-order valence-electron chi connectivity index (χ4n) is 3.88. The standard InChI is InChI=1S/C20H33N3O2S/c1-5-21(6-2)20(24)23-10-7-16-13-19(26-18(16)14-23)25-17-8-11-22(12-9-17)15(3)4/h13,15,17H,5-12,14H2,1-4H3. The Morgan fingerprint density at radius 1 is 1.27 bits per heavy atom. The number of hydrogen-bond acceptors (Lipinski definition) is 4. The molecule has 1 aromatic rings. The average Bonchev–Trinajstić information content (AvgIpc) is 3.04. The van der Waals surface area contributed by atoms with Gasteiger partial charge in [0.25, 0.3) is 0 Å². The van der Waals surface area contributed by atoms with Crippen molar-refractivity contribution in [3.8, 4) is 5.06 Å². The van der Waals surface area contributed by atoms with E-state index in [0.29, 0.717) is 12.1 Å². The van der Waals surface area contributed by atoms with Gasteiger partial charge in [-0.1, -0.05) is 0 Å². The van der Waals surface area contributed by atoms with E-state index >= 15 is 0 Å². The van der Waals surface area contributed by atoms with Gasteiger partial charge < -0.3 is 19.4 Å². The number of likely N-dealkylation sites (tertiary alicyclic amines) is 1. The Morgan fingerprint density at radius 2 is 1.96 bits per heavy atom. The van der Waals surface area contributed by atoms with Gasteiger partial charge in [-0.2, -0.15) is 0 Å². The van der Waals surface area contributed by atoms with Gasteiger partial charge in [0.1, 0.15) is 6.10 Å². The predicted molar refractivity (Wildman–Crippen MR) is 107 cm³/mol. The molecule has 26 heavy (non-hydrogen) atoms. The van der Waals surface area contributed by atoms with Gasteiger partial charge in [-0.25, -0.2) is 4.79 Å². The predicted octanol–water partition coefficient (Wildman–Crippen LogP) is 3.82. The second kappa shape index (κ2) is 8.61. The van der Waals surface area contributed by atoms with Crippen LogP contribution in [0.4, 0.5) is 4.79 Å². The van der Waals surface area contributed by atoms with Crippen molar-refractivity contribution in [1.29, 1.82) is 0 Å². The number of urea groups is 1. The zero-order valence-electron chi connectivity index (χ0n) is 16.7. The number of fused-ring (bicyclic) bond motifs is 1. The van der Waals surface area contributed by atoms with Gasteiger partial charge in [0, 0.05) is 43.6 Å². The van der Waals surface area contributed by atoms with Crippen LogP contribution in [-0.4, -0.2) is 65.6 Å². The Labute approximate surface area is 161 Å². The van der Waals surface area contributed by atoms with Crippen LogP contribution in [0.5, 0.6) is 5.06 Å². The highest BCUT2D eigenvalue weighted by Crippen LogP contribution is 2.35. The number of ether oxygens (including phenoxy) is 1. The molecule has 0 saturated carbocycles. The highest BCUT2D eigenvalue weighted by molar-refractivity contribution is 7.14. The van der Waals surface area contributed by atoms with E-state index in [1.165, 1.54) is 10.4 Å². The minimum atomic E-state index is 0.164. The van der Waals surface area contributed by atoms with Gasteiger partial charge in [-0.05, 0) is 58.6 Å². The maximum absolute atomic E-state index is 12.6. The van der Waals surface area contributed by atoms with Crippen molar-refractivity contribution in [1.82, 2.24) is 14.7 Å². The summed E-state index contributed by atoms with van der Waals surface area (Å²) in [5.74, 6) is 0. The number of piperidine rings is 1. The van der Waals surface area contributed by atoms with Gasteiger partial charge in [0.2, 0.25) is 0 Å². The van der Waals surface area contributed by atoms with E-state index in [1.54, 1.807) is 11.3 Å². The quantitative estimate of drug-likeness (QED) is 0.780. The van der Waals surface area contributed by atoms with Crippen molar-refractivity contribution >= 4 is 17.4 Å². The molecule has 2 amide bonds. The van der Waals surface area contributed by atoms with Crippen LogP contribution in [0.15, 0.2) is 6.07 Å². The van der Waals surface area contributed by atoms with E-state index in [9.17, 15) is 4.79 Å². The van der Waals surface area contributed by atoms with Crippen molar-refractivity contribution < 1.29 is 9.53 Å². The average molecular weight is 380 g/mol. The maximum atomic E-state index is 12.6. The van der Waals surface area contributed by atoms with E-state index in [-0.39, 0.29) is 6.03 Å². The summed E-state index contributed by atoms with van der Waals surface area (Å²) in [6.45, 7) is 13.9. The SMILES string of the molecule is CCN(CC)C(=O)N1CCc2cc(OC3CCN(C(C)C)CC3)sc2C1. The van der Waals surface area contributed by atoms with Crippen LogP contribution in [0.1, 0.15) is 51.0 Å². The third-order valence-electron chi connectivity index (χ3n) is 5.65. The summed E-state index contributed by atoms with van der Waals surface area (Å²) in [4.78, 5) is 20.3. The molecule has 0 aromatic carbocycles. The zero-order chi connectivity index (χ0) is 18.7. The van der Waals surface area contributed by atoms with E-state index in [4.69, 9.17) is 4.74 Å². The molecule has 0 bridgehead atoms. The summed E-state index contributed by atoms with van der Waals surface area (Å²) in [5, 5.41) is 1.04. The number of thiophene rings is 1. The molecule has 0 N–H and O–H groups in total. The fraction of sp³-hybridized carbons (Fsp3) is 0.750. The lowest BCUT2D eigenvalue weighted by molar-refractivity contribution is 0.0868. The topological polar surface area (TPSA) is 36.0 Å². The summed E-state index contributed by atoms with van der Waals surface area (Å²) in [6, 6.07) is 3.01. The van der Waals surface area contributed by atoms with E-state index in [0.717, 1.165) is 63.6 Å². The Kier molecular flexibility index (Phi) is 6.46. The lowest BCUT2D eigenvalue weighted by Crippen LogP contribution is -2.44. The van der Waals surface area contributed by atoms with Gasteiger partial charge in [-0.3, -0.25) is 0 Å². The van der Waals surface area contributed by atoms with Crippen LogP contribution < -0.4 is 4.74 Å². The van der Waals surface area contributed by atoms with Crippen LogP contribution in [0.3, 0.4) is 0 Å². The zero-order valence-corrected chi connectivity index (χ0v) is 17.5. The number of rotatable bonds is 5. The first-order chi connectivity index (χ1) is 12.5. The normalized spacial score (nSPS) is 18.9. The lowest BCUT2D eigenvalue weighted by atomic mass is 10.1. The molecule has 5 nitrogen and oxygen atoms in total. The molecular weight excluding hydrogens is 346 g/mol. The molecule has 6 heteroatoms. The molecule has 0 atom stereocenters. The first-order valence-corrected chi connectivity index (χ1v) is 10.9. The summed E-state index contributed by atoms with van der Waals surface area (Å²) < 4.78 is 6.30. The molecule has 0 radical (unpaired) electrons. The van der Waals surface area contributed by atoms with Gasteiger partial charge in [0.15, 0.2) is 5.06 Å². The molecule has 2 aliphatic rings. The molecule has 1 saturated heterocycles. The maximum Gasteiger partial charge on any atom is 0.320 e. The third-order valence-corrected chi connectivity index (χ3v) is 6.71. The van der Waals surface area contributed by atoms with E-state index in [2.05, 4.69) is 24.8 Å². The van der Waals surface area contributed by atoms with Crippen molar-refractivity contribution in [2.24, 2.45) is 0 Å². The molecule has 2 aliphatic heterocycles. The van der Waals surface area contributed by atoms with Crippen LogP contribution in [0, 0.1) is 0 Å². The van der Waals surface area contributed by atoms with Gasteiger partial charge in [0.05, 0.1) is 6.54 Å². The summed E-state index contributed by atoms with van der Waals surface area (Å²) in [6.07, 6.45) is 3.48. The molecule has 3 rings (SSSR count). The number of carbonyl (C=O) groups is 1. The van der Waals surface area contributed by atoms with Crippen LogP contribution in [-0.2, 0) is 13.0 Å². The van der Waals surface area contributed by atoms with Crippen molar-refractivity contribution in [2.75, 3.05) is 32.7 Å². The first-order valence-electron chi connectivity index (χ1n) is 10.1. The number of carbonyl (C=O) groups excluding carboxylic acids is 1.